The molecule has 6 nitrogen and oxygen atoms in total. The van der Waals surface area contributed by atoms with Crippen LogP contribution in [0.25, 0.3) is 0 Å². The van der Waals surface area contributed by atoms with Crippen LogP contribution in [0.3, 0.4) is 0 Å². The highest BCUT2D eigenvalue weighted by Crippen LogP contribution is 2.16. The highest BCUT2D eigenvalue weighted by atomic mass is 127. The number of guanidine groups is 1. The second-order valence-electron chi connectivity index (χ2n) is 5.69. The summed E-state index contributed by atoms with van der Waals surface area (Å²) in [7, 11) is 3.31. The summed E-state index contributed by atoms with van der Waals surface area (Å²) in [6.07, 6.45) is 0.932. The molecular formula is C20H27IN4O2. The number of aliphatic imine (C=N–C) groups is 1. The average Bonchev–Trinajstić information content (AvgIpc) is 2.68. The minimum absolute atomic E-state index is 0. The summed E-state index contributed by atoms with van der Waals surface area (Å²) < 4.78 is 5.33. The fourth-order valence-corrected chi connectivity index (χ4v) is 2.49. The number of methoxy groups -OCH3 is 1. The van der Waals surface area contributed by atoms with E-state index in [1.165, 1.54) is 5.56 Å². The van der Waals surface area contributed by atoms with Crippen molar-refractivity contribution in [3.05, 3.63) is 59.7 Å². The Morgan fingerprint density at radius 2 is 1.89 bits per heavy atom. The largest absolute Gasteiger partial charge is 0.496 e. The van der Waals surface area contributed by atoms with Crippen LogP contribution in [0.1, 0.15) is 18.1 Å². The number of amides is 1. The Balaban J connectivity index is 0.00000364. The van der Waals surface area contributed by atoms with Crippen molar-refractivity contribution in [2.75, 3.05) is 26.0 Å². The maximum absolute atomic E-state index is 12.1. The first-order valence-corrected chi connectivity index (χ1v) is 8.61. The van der Waals surface area contributed by atoms with Gasteiger partial charge in [0.05, 0.1) is 13.7 Å². The zero-order valence-corrected chi connectivity index (χ0v) is 18.2. The fraction of sp³-hybridized carbons (Fsp3) is 0.300. The number of halogens is 1. The van der Waals surface area contributed by atoms with Crippen molar-refractivity contribution in [1.82, 2.24) is 10.6 Å². The molecule has 2 aromatic rings. The summed E-state index contributed by atoms with van der Waals surface area (Å²) >= 11 is 0. The molecule has 0 saturated carbocycles. The third-order valence-corrected chi connectivity index (χ3v) is 3.90. The van der Waals surface area contributed by atoms with Crippen LogP contribution >= 0.6 is 24.0 Å². The maximum atomic E-state index is 12.1. The number of ether oxygens (including phenoxy) is 1. The van der Waals surface area contributed by atoms with Gasteiger partial charge in [0.15, 0.2) is 5.96 Å². The minimum atomic E-state index is -0.126. The molecule has 0 aliphatic heterocycles. The van der Waals surface area contributed by atoms with Crippen LogP contribution in [0.4, 0.5) is 5.69 Å². The van der Waals surface area contributed by atoms with E-state index in [-0.39, 0.29) is 36.4 Å². The third kappa shape index (κ3) is 7.46. The Hall–Kier alpha value is -2.29. The first-order chi connectivity index (χ1) is 12.7. The number of para-hydroxylation sites is 1. The molecule has 2 aromatic carbocycles. The molecule has 0 unspecified atom stereocenters. The number of carbonyl (C=O) groups is 1. The van der Waals surface area contributed by atoms with Gasteiger partial charge < -0.3 is 20.7 Å². The summed E-state index contributed by atoms with van der Waals surface area (Å²) in [5, 5.41) is 9.07. The zero-order chi connectivity index (χ0) is 18.8. The first kappa shape index (κ1) is 22.8. The van der Waals surface area contributed by atoms with Crippen LogP contribution in [0.2, 0.25) is 0 Å². The Morgan fingerprint density at radius 3 is 2.59 bits per heavy atom. The summed E-state index contributed by atoms with van der Waals surface area (Å²) in [6, 6.07) is 15.6. The molecule has 3 N–H and O–H groups in total. The number of carbonyl (C=O) groups excluding carboxylic acids is 1. The fourth-order valence-electron chi connectivity index (χ4n) is 2.49. The van der Waals surface area contributed by atoms with E-state index in [2.05, 4.69) is 27.9 Å². The van der Waals surface area contributed by atoms with Crippen LogP contribution in [0.15, 0.2) is 53.5 Å². The number of rotatable bonds is 7. The van der Waals surface area contributed by atoms with E-state index in [1.54, 1.807) is 14.2 Å². The Kier molecular flexibility index (Phi) is 10.2. The predicted molar refractivity (Wildman–Crippen MR) is 121 cm³/mol. The second-order valence-corrected chi connectivity index (χ2v) is 5.69. The van der Waals surface area contributed by atoms with E-state index in [4.69, 9.17) is 4.74 Å². The van der Waals surface area contributed by atoms with Gasteiger partial charge in [-0.15, -0.1) is 24.0 Å². The number of aryl methyl sites for hydroxylation is 1. The van der Waals surface area contributed by atoms with Gasteiger partial charge in [-0.3, -0.25) is 9.79 Å². The van der Waals surface area contributed by atoms with Gasteiger partial charge in [-0.1, -0.05) is 37.3 Å². The molecule has 2 rings (SSSR count). The van der Waals surface area contributed by atoms with E-state index >= 15 is 0 Å². The summed E-state index contributed by atoms with van der Waals surface area (Å²) in [5.74, 6) is 1.23. The predicted octanol–water partition coefficient (Wildman–Crippen LogP) is 3.18. The van der Waals surface area contributed by atoms with E-state index in [1.807, 2.05) is 48.5 Å². The van der Waals surface area contributed by atoms with Crippen molar-refractivity contribution in [2.24, 2.45) is 4.99 Å². The number of anilines is 1. The van der Waals surface area contributed by atoms with E-state index < -0.39 is 0 Å². The lowest BCUT2D eigenvalue weighted by molar-refractivity contribution is -0.115. The van der Waals surface area contributed by atoms with Crippen LogP contribution in [-0.2, 0) is 17.8 Å². The van der Waals surface area contributed by atoms with Crippen LogP contribution in [-0.4, -0.2) is 32.6 Å². The highest BCUT2D eigenvalue weighted by Gasteiger charge is 2.06. The molecule has 0 atom stereocenters. The molecule has 1 amide bonds. The SMILES string of the molecule is CCc1cccc(NC(=O)CNC(=NC)NCc2ccccc2OC)c1.I. The van der Waals surface area contributed by atoms with Crippen LogP contribution < -0.4 is 20.7 Å². The molecule has 0 heterocycles. The monoisotopic (exact) mass is 482 g/mol. The van der Waals surface area contributed by atoms with Crippen molar-refractivity contribution < 1.29 is 9.53 Å². The smallest absolute Gasteiger partial charge is 0.243 e. The third-order valence-electron chi connectivity index (χ3n) is 3.90. The lowest BCUT2D eigenvalue weighted by Gasteiger charge is -2.14. The van der Waals surface area contributed by atoms with Crippen molar-refractivity contribution >= 4 is 41.5 Å². The summed E-state index contributed by atoms with van der Waals surface area (Å²) in [5.41, 5.74) is 3.00. The molecule has 0 bridgehead atoms. The van der Waals surface area contributed by atoms with E-state index in [9.17, 15) is 4.79 Å². The van der Waals surface area contributed by atoms with Gasteiger partial charge in [-0.05, 0) is 30.2 Å². The molecule has 0 saturated heterocycles. The second kappa shape index (κ2) is 12.2. The number of hydrogen-bond donors (Lipinski definition) is 3. The molecule has 146 valence electrons. The number of nitrogens with one attached hydrogen (secondary N) is 3. The standard InChI is InChI=1S/C20H26N4O2.HI/c1-4-15-8-7-10-17(12-15)24-19(25)14-23-20(21-2)22-13-16-9-5-6-11-18(16)26-3;/h5-12H,4,13-14H2,1-3H3,(H,24,25)(H2,21,22,23);1H. The Morgan fingerprint density at radius 1 is 1.11 bits per heavy atom. The molecule has 0 spiro atoms. The van der Waals surface area contributed by atoms with Gasteiger partial charge in [0.2, 0.25) is 5.91 Å². The molecule has 0 aliphatic rings. The lowest BCUT2D eigenvalue weighted by atomic mass is 10.1. The molecule has 27 heavy (non-hydrogen) atoms. The number of hydrogen-bond acceptors (Lipinski definition) is 3. The van der Waals surface area contributed by atoms with Gasteiger partial charge >= 0.3 is 0 Å². The maximum Gasteiger partial charge on any atom is 0.243 e. The zero-order valence-electron chi connectivity index (χ0n) is 15.9. The molecule has 0 radical (unpaired) electrons. The van der Waals surface area contributed by atoms with Gasteiger partial charge in [0.1, 0.15) is 5.75 Å². The first-order valence-electron chi connectivity index (χ1n) is 8.61. The van der Waals surface area contributed by atoms with Crippen molar-refractivity contribution in [2.45, 2.75) is 19.9 Å². The van der Waals surface area contributed by atoms with Gasteiger partial charge in [0.25, 0.3) is 0 Å². The van der Waals surface area contributed by atoms with Crippen molar-refractivity contribution in [3.8, 4) is 5.75 Å². The normalized spacial score (nSPS) is 10.6. The highest BCUT2D eigenvalue weighted by molar-refractivity contribution is 14.0. The number of nitrogens with zero attached hydrogens (tertiary/aromatic N) is 1. The minimum Gasteiger partial charge on any atom is -0.496 e. The molecule has 0 aliphatic carbocycles. The summed E-state index contributed by atoms with van der Waals surface area (Å²) in [4.78, 5) is 16.3. The topological polar surface area (TPSA) is 74.8 Å². The van der Waals surface area contributed by atoms with Crippen LogP contribution in [0, 0.1) is 0 Å². The number of benzene rings is 2. The van der Waals surface area contributed by atoms with Crippen molar-refractivity contribution in [3.63, 3.8) is 0 Å². The van der Waals surface area contributed by atoms with Gasteiger partial charge in [0, 0.05) is 24.8 Å². The van der Waals surface area contributed by atoms with Crippen molar-refractivity contribution in [1.29, 1.82) is 0 Å². The van der Waals surface area contributed by atoms with E-state index in [0.29, 0.717) is 12.5 Å². The van der Waals surface area contributed by atoms with Crippen LogP contribution in [0.5, 0.6) is 5.75 Å². The lowest BCUT2D eigenvalue weighted by Crippen LogP contribution is -2.41. The Labute approximate surface area is 177 Å². The van der Waals surface area contributed by atoms with Gasteiger partial charge in [-0.25, -0.2) is 0 Å². The van der Waals surface area contributed by atoms with Gasteiger partial charge in [-0.2, -0.15) is 0 Å². The molecule has 0 aromatic heterocycles. The quantitative estimate of drug-likeness (QED) is 0.322. The molecular weight excluding hydrogens is 455 g/mol. The molecule has 7 heteroatoms. The average molecular weight is 482 g/mol. The summed E-state index contributed by atoms with van der Waals surface area (Å²) in [6.45, 7) is 2.76. The molecule has 0 fully saturated rings. The Bertz CT molecular complexity index is 765. The van der Waals surface area contributed by atoms with E-state index in [0.717, 1.165) is 23.4 Å².